The van der Waals surface area contributed by atoms with Crippen molar-refractivity contribution in [3.8, 4) is 5.75 Å². The van der Waals surface area contributed by atoms with Gasteiger partial charge in [-0.25, -0.2) is 4.79 Å². The molecule has 140 valence electrons. The van der Waals surface area contributed by atoms with Gasteiger partial charge in [0.1, 0.15) is 5.75 Å². The molecule has 1 aliphatic rings. The molecule has 0 radical (unpaired) electrons. The average molecular weight is 355 g/mol. The lowest BCUT2D eigenvalue weighted by Crippen LogP contribution is -2.16. The molecule has 0 bridgehead atoms. The second kappa shape index (κ2) is 12.2. The number of carbonyl (C=O) groups is 1. The Hall–Kier alpha value is -2.19. The SMILES string of the molecule is O=C(O)Oc1ccc([N+](=O)[O-])cc1.OCCOC1CCCCCCC1. The molecule has 0 saturated heterocycles. The normalized spacial score (nSPS) is 15.2. The molecule has 0 aromatic heterocycles. The highest BCUT2D eigenvalue weighted by molar-refractivity contribution is 5.61. The fourth-order valence-corrected chi connectivity index (χ4v) is 2.54. The van der Waals surface area contributed by atoms with Crippen LogP contribution in [0.15, 0.2) is 24.3 Å². The van der Waals surface area contributed by atoms with Gasteiger partial charge in [0.05, 0.1) is 24.2 Å². The molecule has 8 nitrogen and oxygen atoms in total. The minimum atomic E-state index is -1.45. The molecular formula is C17H25NO7. The van der Waals surface area contributed by atoms with Crippen molar-refractivity contribution in [2.75, 3.05) is 13.2 Å². The maximum absolute atomic E-state index is 10.2. The fraction of sp³-hybridized carbons (Fsp3) is 0.588. The topological polar surface area (TPSA) is 119 Å². The van der Waals surface area contributed by atoms with Gasteiger partial charge in [0.15, 0.2) is 0 Å². The van der Waals surface area contributed by atoms with Gasteiger partial charge in [0.25, 0.3) is 5.69 Å². The van der Waals surface area contributed by atoms with Crippen molar-refractivity contribution in [3.05, 3.63) is 34.4 Å². The van der Waals surface area contributed by atoms with Crippen molar-refractivity contribution in [3.63, 3.8) is 0 Å². The summed E-state index contributed by atoms with van der Waals surface area (Å²) < 4.78 is 9.76. The number of aliphatic hydroxyl groups is 1. The highest BCUT2D eigenvalue weighted by atomic mass is 16.7. The zero-order valence-electron chi connectivity index (χ0n) is 14.1. The van der Waals surface area contributed by atoms with Gasteiger partial charge in [-0.15, -0.1) is 0 Å². The van der Waals surface area contributed by atoms with E-state index >= 15 is 0 Å². The zero-order chi connectivity index (χ0) is 18.5. The number of aliphatic hydroxyl groups excluding tert-OH is 1. The number of ether oxygens (including phenoxy) is 2. The van der Waals surface area contributed by atoms with Crippen LogP contribution in [0.4, 0.5) is 10.5 Å². The summed E-state index contributed by atoms with van der Waals surface area (Å²) >= 11 is 0. The van der Waals surface area contributed by atoms with Gasteiger partial charge < -0.3 is 19.7 Å². The van der Waals surface area contributed by atoms with E-state index in [1.165, 1.54) is 57.1 Å². The Balaban J connectivity index is 0.000000251. The number of nitro benzene ring substituents is 1. The van der Waals surface area contributed by atoms with Gasteiger partial charge in [-0.3, -0.25) is 10.1 Å². The van der Waals surface area contributed by atoms with Crippen molar-refractivity contribution in [2.45, 2.75) is 51.0 Å². The number of non-ortho nitro benzene ring substituents is 1. The molecular weight excluding hydrogens is 330 g/mol. The molecule has 0 atom stereocenters. The van der Waals surface area contributed by atoms with E-state index in [1.807, 2.05) is 0 Å². The van der Waals surface area contributed by atoms with Gasteiger partial charge in [-0.05, 0) is 25.0 Å². The Morgan fingerprint density at radius 1 is 1.12 bits per heavy atom. The maximum Gasteiger partial charge on any atom is 0.511 e. The summed E-state index contributed by atoms with van der Waals surface area (Å²) in [6.45, 7) is 0.682. The van der Waals surface area contributed by atoms with Crippen LogP contribution in [-0.4, -0.2) is 40.6 Å². The molecule has 8 heteroatoms. The van der Waals surface area contributed by atoms with Gasteiger partial charge >= 0.3 is 6.16 Å². The van der Waals surface area contributed by atoms with Crippen LogP contribution in [0.1, 0.15) is 44.9 Å². The number of nitro groups is 1. The molecule has 2 N–H and O–H groups in total. The van der Waals surface area contributed by atoms with Crippen molar-refractivity contribution < 1.29 is 29.4 Å². The number of hydrogen-bond donors (Lipinski definition) is 2. The number of rotatable bonds is 5. The standard InChI is InChI=1S/C10H20O2.C7H5NO5/c11-8-9-12-10-6-4-2-1-3-5-7-10;9-7(10)13-6-3-1-5(2-4-6)8(11)12/h10-11H,1-9H2;1-4H,(H,9,10). The Labute approximate surface area is 146 Å². The van der Waals surface area contributed by atoms with Crippen LogP contribution in [-0.2, 0) is 4.74 Å². The molecule has 1 aromatic carbocycles. The van der Waals surface area contributed by atoms with Gasteiger partial charge in [0.2, 0.25) is 0 Å². The Morgan fingerprint density at radius 3 is 2.16 bits per heavy atom. The van der Waals surface area contributed by atoms with Gasteiger partial charge in [-0.2, -0.15) is 0 Å². The first kappa shape index (κ1) is 20.9. The third-order valence-corrected chi connectivity index (χ3v) is 3.75. The van der Waals surface area contributed by atoms with E-state index in [-0.39, 0.29) is 18.0 Å². The molecule has 0 heterocycles. The first-order chi connectivity index (χ1) is 12.0. The summed E-state index contributed by atoms with van der Waals surface area (Å²) in [5.41, 5.74) is -0.113. The Bertz CT molecular complexity index is 507. The van der Waals surface area contributed by atoms with Crippen LogP contribution in [0, 0.1) is 10.1 Å². The van der Waals surface area contributed by atoms with E-state index in [1.54, 1.807) is 0 Å². The molecule has 1 fully saturated rings. The van der Waals surface area contributed by atoms with E-state index in [4.69, 9.17) is 14.9 Å². The summed E-state index contributed by atoms with van der Waals surface area (Å²) in [6.07, 6.45) is 8.09. The van der Waals surface area contributed by atoms with Crippen molar-refractivity contribution in [1.82, 2.24) is 0 Å². The minimum Gasteiger partial charge on any atom is -0.449 e. The maximum atomic E-state index is 10.2. The predicted molar refractivity (Wildman–Crippen MR) is 90.9 cm³/mol. The minimum absolute atomic E-state index is 0.0538. The van der Waals surface area contributed by atoms with Gasteiger partial charge in [-0.1, -0.05) is 32.1 Å². The Kier molecular flexibility index (Phi) is 10.2. The third-order valence-electron chi connectivity index (χ3n) is 3.75. The molecule has 25 heavy (non-hydrogen) atoms. The molecule has 0 unspecified atom stereocenters. The van der Waals surface area contributed by atoms with Crippen molar-refractivity contribution in [1.29, 1.82) is 0 Å². The number of nitrogens with zero attached hydrogens (tertiary/aromatic N) is 1. The Morgan fingerprint density at radius 2 is 1.68 bits per heavy atom. The lowest BCUT2D eigenvalue weighted by atomic mass is 9.99. The largest absolute Gasteiger partial charge is 0.511 e. The molecule has 0 aliphatic heterocycles. The van der Waals surface area contributed by atoms with Crippen LogP contribution < -0.4 is 4.74 Å². The van der Waals surface area contributed by atoms with E-state index < -0.39 is 11.1 Å². The van der Waals surface area contributed by atoms with Crippen molar-refractivity contribution in [2.24, 2.45) is 0 Å². The summed E-state index contributed by atoms with van der Waals surface area (Å²) in [5.74, 6) is 0.0538. The van der Waals surface area contributed by atoms with Crippen LogP contribution in [0.25, 0.3) is 0 Å². The fourth-order valence-electron chi connectivity index (χ4n) is 2.54. The average Bonchev–Trinajstić information content (AvgIpc) is 2.54. The van der Waals surface area contributed by atoms with Crippen LogP contribution in [0.3, 0.4) is 0 Å². The lowest BCUT2D eigenvalue weighted by molar-refractivity contribution is -0.384. The summed E-state index contributed by atoms with van der Waals surface area (Å²) in [5, 5.41) is 27.0. The second-order valence-corrected chi connectivity index (χ2v) is 5.68. The highest BCUT2D eigenvalue weighted by Gasteiger charge is 2.10. The second-order valence-electron chi connectivity index (χ2n) is 5.68. The number of benzene rings is 1. The van der Waals surface area contributed by atoms with E-state index in [9.17, 15) is 14.9 Å². The highest BCUT2D eigenvalue weighted by Crippen LogP contribution is 2.19. The quantitative estimate of drug-likeness (QED) is 0.357. The molecule has 1 saturated carbocycles. The molecule has 1 aromatic rings. The third kappa shape index (κ3) is 9.63. The molecule has 1 aliphatic carbocycles. The summed E-state index contributed by atoms with van der Waals surface area (Å²) in [6, 6.07) is 4.76. The summed E-state index contributed by atoms with van der Waals surface area (Å²) in [4.78, 5) is 19.6. The number of carboxylic acid groups (broad SMARTS) is 1. The van der Waals surface area contributed by atoms with Crippen LogP contribution in [0.5, 0.6) is 5.75 Å². The monoisotopic (exact) mass is 355 g/mol. The number of hydrogen-bond acceptors (Lipinski definition) is 6. The van der Waals surface area contributed by atoms with Crippen molar-refractivity contribution >= 4 is 11.8 Å². The van der Waals surface area contributed by atoms with E-state index in [0.717, 1.165) is 12.1 Å². The van der Waals surface area contributed by atoms with Crippen LogP contribution in [0.2, 0.25) is 0 Å². The molecule has 0 spiro atoms. The molecule has 0 amide bonds. The van der Waals surface area contributed by atoms with Gasteiger partial charge in [0, 0.05) is 12.1 Å². The van der Waals surface area contributed by atoms with E-state index in [2.05, 4.69) is 4.74 Å². The lowest BCUT2D eigenvalue weighted by Gasteiger charge is -2.19. The van der Waals surface area contributed by atoms with E-state index in [0.29, 0.717) is 12.7 Å². The predicted octanol–water partition coefficient (Wildman–Crippen LogP) is 3.76. The van der Waals surface area contributed by atoms with Crippen LogP contribution >= 0.6 is 0 Å². The summed E-state index contributed by atoms with van der Waals surface area (Å²) in [7, 11) is 0. The zero-order valence-corrected chi connectivity index (χ0v) is 14.1. The first-order valence-corrected chi connectivity index (χ1v) is 8.40. The first-order valence-electron chi connectivity index (χ1n) is 8.40. The smallest absolute Gasteiger partial charge is 0.449 e. The molecule has 2 rings (SSSR count).